The van der Waals surface area contributed by atoms with E-state index < -0.39 is 5.82 Å². The number of anilines is 2. The van der Waals surface area contributed by atoms with Gasteiger partial charge in [-0.3, -0.25) is 4.57 Å². The molecule has 2 N–H and O–H groups in total. The molecule has 2 aromatic heterocycles. The zero-order valence-electron chi connectivity index (χ0n) is 20.7. The fourth-order valence-electron chi connectivity index (χ4n) is 5.03. The minimum Gasteiger partial charge on any atom is -0.372 e. The molecule has 1 saturated heterocycles. The largest absolute Gasteiger partial charge is 0.372 e. The Bertz CT molecular complexity index is 1420. The smallest absolute Gasteiger partial charge is 0.167 e. The highest BCUT2D eigenvalue weighted by molar-refractivity contribution is 5.90. The molecule has 5 rings (SSSR count). The Balaban J connectivity index is 1.70. The number of aromatic nitrogens is 3. The van der Waals surface area contributed by atoms with E-state index in [0.29, 0.717) is 17.0 Å². The molecule has 0 bridgehead atoms. The number of rotatable bonds is 6. The predicted molar refractivity (Wildman–Crippen MR) is 142 cm³/mol. The molecule has 2 aromatic carbocycles. The van der Waals surface area contributed by atoms with E-state index in [1.807, 2.05) is 28.8 Å². The molecule has 36 heavy (non-hydrogen) atoms. The van der Waals surface area contributed by atoms with E-state index in [1.165, 1.54) is 12.1 Å². The third-order valence-corrected chi connectivity index (χ3v) is 6.91. The van der Waals surface area contributed by atoms with E-state index in [2.05, 4.69) is 35.8 Å². The van der Waals surface area contributed by atoms with Gasteiger partial charge in [0.2, 0.25) is 0 Å². The normalized spacial score (nSPS) is 15.8. The molecule has 8 heteroatoms. The maximum absolute atomic E-state index is 14.7. The monoisotopic (exact) mass is 483 g/mol. The van der Waals surface area contributed by atoms with Gasteiger partial charge >= 0.3 is 0 Å². The van der Waals surface area contributed by atoms with Crippen molar-refractivity contribution in [2.24, 2.45) is 5.73 Å². The molecule has 1 aliphatic rings. The second-order valence-corrected chi connectivity index (χ2v) is 9.12. The lowest BCUT2D eigenvalue weighted by molar-refractivity contribution is 0.507. The van der Waals surface area contributed by atoms with Crippen LogP contribution in [0.25, 0.3) is 28.2 Å². The Morgan fingerprint density at radius 1 is 1.14 bits per heavy atom. The van der Waals surface area contributed by atoms with Crippen molar-refractivity contribution in [2.75, 3.05) is 36.0 Å². The molecule has 3 heterocycles. The second kappa shape index (κ2) is 9.96. The van der Waals surface area contributed by atoms with Crippen LogP contribution >= 0.6 is 0 Å². The van der Waals surface area contributed by atoms with Gasteiger partial charge in [-0.2, -0.15) is 5.26 Å². The summed E-state index contributed by atoms with van der Waals surface area (Å²) in [7, 11) is 0. The Hall–Kier alpha value is -3.96. The summed E-state index contributed by atoms with van der Waals surface area (Å²) in [5.74, 6) is 0.00547. The number of imidazole rings is 1. The number of benzene rings is 2. The highest BCUT2D eigenvalue weighted by atomic mass is 19.1. The lowest BCUT2D eigenvalue weighted by Crippen LogP contribution is -2.42. The number of fused-ring (bicyclic) bond motifs is 1. The van der Waals surface area contributed by atoms with E-state index >= 15 is 0 Å². The number of piperidine rings is 1. The van der Waals surface area contributed by atoms with E-state index in [-0.39, 0.29) is 11.6 Å². The molecule has 0 aliphatic carbocycles. The van der Waals surface area contributed by atoms with Crippen LogP contribution in [0.5, 0.6) is 0 Å². The van der Waals surface area contributed by atoms with E-state index in [0.717, 1.165) is 61.6 Å². The fraction of sp³-hybridized carbons (Fsp3) is 0.321. The Kier molecular flexibility index (Phi) is 6.57. The molecule has 1 fully saturated rings. The molecule has 184 valence electrons. The van der Waals surface area contributed by atoms with E-state index in [9.17, 15) is 9.65 Å². The summed E-state index contributed by atoms with van der Waals surface area (Å²) in [5.41, 5.74) is 11.3. The third-order valence-electron chi connectivity index (χ3n) is 6.91. The summed E-state index contributed by atoms with van der Waals surface area (Å²) in [5, 5.41) is 9.20. The van der Waals surface area contributed by atoms with Gasteiger partial charge in [0.25, 0.3) is 0 Å². The highest BCUT2D eigenvalue weighted by Gasteiger charge is 2.24. The predicted octanol–water partition coefficient (Wildman–Crippen LogP) is 4.87. The standard InChI is InChI=1S/C28H30FN7/c1-3-34(4-2)22-9-11-23(12-10-22)36-27(19-7-8-20(17-30)24(29)16-19)33-26-25(13-14-32-28(26)36)35-15-5-6-21(31)18-35/h7-14,16,21H,3-6,15,18,31H2,1-2H3. The van der Waals surface area contributed by atoms with Crippen LogP contribution in [0, 0.1) is 17.1 Å². The third kappa shape index (κ3) is 4.27. The van der Waals surface area contributed by atoms with Crippen molar-refractivity contribution in [1.82, 2.24) is 14.5 Å². The first kappa shape index (κ1) is 23.8. The molecule has 1 aliphatic heterocycles. The van der Waals surface area contributed by atoms with Crippen LogP contribution in [0.1, 0.15) is 32.3 Å². The molecule has 0 radical (unpaired) electrons. The maximum atomic E-state index is 14.7. The van der Waals surface area contributed by atoms with Gasteiger partial charge in [0.05, 0.1) is 11.3 Å². The average Bonchev–Trinajstić information content (AvgIpc) is 3.29. The lowest BCUT2D eigenvalue weighted by atomic mass is 10.1. The first-order chi connectivity index (χ1) is 17.5. The van der Waals surface area contributed by atoms with Crippen molar-refractivity contribution in [3.8, 4) is 23.1 Å². The van der Waals surface area contributed by atoms with Crippen molar-refractivity contribution in [3.63, 3.8) is 0 Å². The van der Waals surface area contributed by atoms with Gasteiger partial charge in [-0.25, -0.2) is 14.4 Å². The van der Waals surface area contributed by atoms with E-state index in [1.54, 1.807) is 12.3 Å². The van der Waals surface area contributed by atoms with Crippen molar-refractivity contribution in [2.45, 2.75) is 32.7 Å². The molecule has 0 spiro atoms. The second-order valence-electron chi connectivity index (χ2n) is 9.12. The van der Waals surface area contributed by atoms with Crippen molar-refractivity contribution >= 4 is 22.5 Å². The fourth-order valence-corrected chi connectivity index (χ4v) is 5.03. The highest BCUT2D eigenvalue weighted by Crippen LogP contribution is 2.34. The number of pyridine rings is 1. The van der Waals surface area contributed by atoms with Crippen LogP contribution in [0.15, 0.2) is 54.7 Å². The van der Waals surface area contributed by atoms with Gasteiger partial charge in [-0.05, 0) is 75.2 Å². The van der Waals surface area contributed by atoms with E-state index in [4.69, 9.17) is 15.7 Å². The van der Waals surface area contributed by atoms with Gasteiger partial charge in [-0.1, -0.05) is 0 Å². The van der Waals surface area contributed by atoms with Crippen LogP contribution in [0.4, 0.5) is 15.8 Å². The summed E-state index contributed by atoms with van der Waals surface area (Å²) < 4.78 is 16.6. The number of nitrogens with zero attached hydrogens (tertiary/aromatic N) is 6. The minimum atomic E-state index is -0.569. The number of nitriles is 1. The number of hydrogen-bond acceptors (Lipinski definition) is 6. The minimum absolute atomic E-state index is 0.00565. The van der Waals surface area contributed by atoms with Crippen LogP contribution < -0.4 is 15.5 Å². The zero-order valence-corrected chi connectivity index (χ0v) is 20.7. The number of hydrogen-bond donors (Lipinski definition) is 1. The molecular formula is C28H30FN7. The van der Waals surface area contributed by atoms with Crippen LogP contribution in [-0.2, 0) is 0 Å². The Labute approximate surface area is 210 Å². The molecule has 4 aromatic rings. The zero-order chi connectivity index (χ0) is 25.2. The van der Waals surface area contributed by atoms with Crippen molar-refractivity contribution in [3.05, 3.63) is 66.1 Å². The van der Waals surface area contributed by atoms with Crippen molar-refractivity contribution < 1.29 is 4.39 Å². The molecular weight excluding hydrogens is 453 g/mol. The van der Waals surface area contributed by atoms with Gasteiger partial charge < -0.3 is 15.5 Å². The molecule has 0 saturated carbocycles. The van der Waals surface area contributed by atoms with Crippen LogP contribution in [-0.4, -0.2) is 46.8 Å². The van der Waals surface area contributed by atoms with Gasteiger partial charge in [-0.15, -0.1) is 0 Å². The van der Waals surface area contributed by atoms with Gasteiger partial charge in [0, 0.05) is 55.4 Å². The Morgan fingerprint density at radius 3 is 2.58 bits per heavy atom. The van der Waals surface area contributed by atoms with Gasteiger partial charge in [0.15, 0.2) is 5.65 Å². The summed E-state index contributed by atoms with van der Waals surface area (Å²) in [6.45, 7) is 7.77. The Morgan fingerprint density at radius 2 is 1.92 bits per heavy atom. The van der Waals surface area contributed by atoms with Crippen LogP contribution in [0.3, 0.4) is 0 Å². The molecule has 0 amide bonds. The first-order valence-electron chi connectivity index (χ1n) is 12.5. The topological polar surface area (TPSA) is 87.0 Å². The summed E-state index contributed by atoms with van der Waals surface area (Å²) in [4.78, 5) is 14.3. The lowest BCUT2D eigenvalue weighted by Gasteiger charge is -2.32. The molecule has 1 atom stereocenters. The maximum Gasteiger partial charge on any atom is 0.167 e. The van der Waals surface area contributed by atoms with Crippen LogP contribution in [0.2, 0.25) is 0 Å². The number of nitrogens with two attached hydrogens (primary N) is 1. The average molecular weight is 484 g/mol. The first-order valence-corrected chi connectivity index (χ1v) is 12.5. The summed E-state index contributed by atoms with van der Waals surface area (Å²) in [6.07, 6.45) is 3.82. The van der Waals surface area contributed by atoms with Gasteiger partial charge in [0.1, 0.15) is 23.2 Å². The molecule has 1 unspecified atom stereocenters. The SMILES string of the molecule is CCN(CC)c1ccc(-n2c(-c3ccc(C#N)c(F)c3)nc3c(N4CCCC(N)C4)ccnc32)cc1. The van der Waals surface area contributed by atoms with Crippen molar-refractivity contribution in [1.29, 1.82) is 5.26 Å². The number of halogens is 1. The molecule has 7 nitrogen and oxygen atoms in total. The summed E-state index contributed by atoms with van der Waals surface area (Å²) >= 11 is 0. The summed E-state index contributed by atoms with van der Waals surface area (Å²) in [6, 6.07) is 16.9. The quantitative estimate of drug-likeness (QED) is 0.421.